The molecular formula is C14H15N3O2. The molecule has 2 aromatic rings. The Labute approximate surface area is 111 Å². The highest BCUT2D eigenvalue weighted by molar-refractivity contribution is 6.07. The van der Waals surface area contributed by atoms with Crippen LogP contribution in [-0.2, 0) is 0 Å². The summed E-state index contributed by atoms with van der Waals surface area (Å²) in [6, 6.07) is 8.58. The van der Waals surface area contributed by atoms with E-state index in [-0.39, 0.29) is 5.91 Å². The second-order valence-electron chi connectivity index (χ2n) is 4.13. The predicted octanol–water partition coefficient (Wildman–Crippen LogP) is 2.23. The van der Waals surface area contributed by atoms with Gasteiger partial charge >= 0.3 is 0 Å². The van der Waals surface area contributed by atoms with E-state index < -0.39 is 0 Å². The van der Waals surface area contributed by atoms with Crippen LogP contribution in [0.1, 0.15) is 15.9 Å². The largest absolute Gasteiger partial charge is 0.497 e. The highest BCUT2D eigenvalue weighted by Crippen LogP contribution is 2.20. The summed E-state index contributed by atoms with van der Waals surface area (Å²) in [5.41, 5.74) is 7.57. The van der Waals surface area contributed by atoms with Crippen LogP contribution in [0.3, 0.4) is 0 Å². The summed E-state index contributed by atoms with van der Waals surface area (Å²) < 4.78 is 5.08. The van der Waals surface area contributed by atoms with Crippen molar-refractivity contribution in [3.63, 3.8) is 0 Å². The highest BCUT2D eigenvalue weighted by Gasteiger charge is 2.11. The molecule has 1 amide bonds. The molecule has 98 valence electrons. The van der Waals surface area contributed by atoms with E-state index in [9.17, 15) is 4.79 Å². The standard InChI is InChI=1S/C14H15N3O2/c1-9-5-6-16-13(7-9)17-14(18)11-8-10(19-2)3-4-12(11)15/h3-8H,15H2,1-2H3,(H,16,17,18). The number of pyridine rings is 1. The predicted molar refractivity (Wildman–Crippen MR) is 74.3 cm³/mol. The lowest BCUT2D eigenvalue weighted by atomic mass is 10.1. The van der Waals surface area contributed by atoms with E-state index >= 15 is 0 Å². The van der Waals surface area contributed by atoms with Gasteiger partial charge in [-0.05, 0) is 42.8 Å². The number of carbonyl (C=O) groups excluding carboxylic acids is 1. The Bertz CT molecular complexity index is 611. The number of amides is 1. The fraction of sp³-hybridized carbons (Fsp3) is 0.143. The zero-order valence-electron chi connectivity index (χ0n) is 10.8. The molecule has 5 heteroatoms. The van der Waals surface area contributed by atoms with Gasteiger partial charge in [-0.25, -0.2) is 4.98 Å². The lowest BCUT2D eigenvalue weighted by Gasteiger charge is -2.09. The maximum absolute atomic E-state index is 12.1. The Hall–Kier alpha value is -2.56. The van der Waals surface area contributed by atoms with Crippen LogP contribution in [0.5, 0.6) is 5.75 Å². The Morgan fingerprint density at radius 1 is 1.32 bits per heavy atom. The molecular weight excluding hydrogens is 242 g/mol. The molecule has 3 N–H and O–H groups in total. The number of aromatic nitrogens is 1. The first-order valence-electron chi connectivity index (χ1n) is 5.77. The third kappa shape index (κ3) is 3.01. The quantitative estimate of drug-likeness (QED) is 0.827. The van der Waals surface area contributed by atoms with Crippen molar-refractivity contribution >= 4 is 17.4 Å². The molecule has 0 spiro atoms. The number of hydrogen-bond acceptors (Lipinski definition) is 4. The minimum atomic E-state index is -0.311. The van der Waals surface area contributed by atoms with Crippen LogP contribution in [0.15, 0.2) is 36.5 Å². The molecule has 2 rings (SSSR count). The van der Waals surface area contributed by atoms with E-state index in [2.05, 4.69) is 10.3 Å². The average molecular weight is 257 g/mol. The minimum absolute atomic E-state index is 0.311. The number of carbonyl (C=O) groups is 1. The SMILES string of the molecule is COc1ccc(N)c(C(=O)Nc2cc(C)ccn2)c1. The minimum Gasteiger partial charge on any atom is -0.497 e. The number of rotatable bonds is 3. The van der Waals surface area contributed by atoms with Gasteiger partial charge in [0, 0.05) is 11.9 Å². The van der Waals surface area contributed by atoms with E-state index in [1.807, 2.05) is 13.0 Å². The van der Waals surface area contributed by atoms with Crippen molar-refractivity contribution in [1.82, 2.24) is 4.98 Å². The zero-order chi connectivity index (χ0) is 13.8. The lowest BCUT2D eigenvalue weighted by molar-refractivity contribution is 0.102. The van der Waals surface area contributed by atoms with Gasteiger partial charge in [-0.1, -0.05) is 0 Å². The normalized spacial score (nSPS) is 10.0. The summed E-state index contributed by atoms with van der Waals surface area (Å²) in [5, 5.41) is 2.71. The summed E-state index contributed by atoms with van der Waals surface area (Å²) >= 11 is 0. The number of methoxy groups -OCH3 is 1. The van der Waals surface area contributed by atoms with E-state index in [0.717, 1.165) is 5.56 Å². The van der Waals surface area contributed by atoms with Gasteiger partial charge in [-0.2, -0.15) is 0 Å². The van der Waals surface area contributed by atoms with Gasteiger partial charge in [0.25, 0.3) is 5.91 Å². The molecule has 0 atom stereocenters. The number of hydrogen-bond donors (Lipinski definition) is 2. The number of anilines is 2. The van der Waals surface area contributed by atoms with Gasteiger partial charge in [-0.3, -0.25) is 4.79 Å². The number of nitrogens with one attached hydrogen (secondary N) is 1. The first kappa shape index (κ1) is 12.9. The van der Waals surface area contributed by atoms with Crippen molar-refractivity contribution in [2.45, 2.75) is 6.92 Å². The number of aryl methyl sites for hydroxylation is 1. The van der Waals surface area contributed by atoms with Gasteiger partial charge in [0.15, 0.2) is 0 Å². The van der Waals surface area contributed by atoms with Gasteiger partial charge in [0.2, 0.25) is 0 Å². The topological polar surface area (TPSA) is 77.2 Å². The summed E-state index contributed by atoms with van der Waals surface area (Å²) in [4.78, 5) is 16.2. The van der Waals surface area contributed by atoms with E-state index in [1.165, 1.54) is 7.11 Å². The second-order valence-corrected chi connectivity index (χ2v) is 4.13. The molecule has 19 heavy (non-hydrogen) atoms. The molecule has 0 aliphatic rings. The first-order valence-corrected chi connectivity index (χ1v) is 5.77. The van der Waals surface area contributed by atoms with Crippen molar-refractivity contribution in [1.29, 1.82) is 0 Å². The van der Waals surface area contributed by atoms with Crippen LogP contribution in [0.4, 0.5) is 11.5 Å². The summed E-state index contributed by atoms with van der Waals surface area (Å²) in [5.74, 6) is 0.762. The van der Waals surface area contributed by atoms with Crippen LogP contribution in [-0.4, -0.2) is 18.0 Å². The zero-order valence-corrected chi connectivity index (χ0v) is 10.8. The van der Waals surface area contributed by atoms with Crippen LogP contribution in [0.2, 0.25) is 0 Å². The molecule has 1 aromatic heterocycles. The maximum Gasteiger partial charge on any atom is 0.259 e. The molecule has 0 fully saturated rings. The fourth-order valence-corrected chi connectivity index (χ4v) is 1.65. The summed E-state index contributed by atoms with van der Waals surface area (Å²) in [7, 11) is 1.54. The molecule has 0 saturated carbocycles. The van der Waals surface area contributed by atoms with E-state index in [4.69, 9.17) is 10.5 Å². The maximum atomic E-state index is 12.1. The smallest absolute Gasteiger partial charge is 0.259 e. The van der Waals surface area contributed by atoms with Crippen molar-refractivity contribution in [3.8, 4) is 5.75 Å². The van der Waals surface area contributed by atoms with Crippen molar-refractivity contribution in [2.75, 3.05) is 18.2 Å². The van der Waals surface area contributed by atoms with E-state index in [1.54, 1.807) is 30.5 Å². The third-order valence-corrected chi connectivity index (χ3v) is 2.66. The monoisotopic (exact) mass is 257 g/mol. The molecule has 5 nitrogen and oxygen atoms in total. The number of nitrogens with two attached hydrogens (primary N) is 1. The Morgan fingerprint density at radius 2 is 2.11 bits per heavy atom. The fourth-order valence-electron chi connectivity index (χ4n) is 1.65. The van der Waals surface area contributed by atoms with Crippen LogP contribution in [0, 0.1) is 6.92 Å². The molecule has 0 aliphatic carbocycles. The van der Waals surface area contributed by atoms with Crippen molar-refractivity contribution in [2.24, 2.45) is 0 Å². The Kier molecular flexibility index (Phi) is 3.66. The first-order chi connectivity index (χ1) is 9.10. The van der Waals surface area contributed by atoms with Crippen LogP contribution < -0.4 is 15.8 Å². The van der Waals surface area contributed by atoms with Gasteiger partial charge in [0.05, 0.1) is 12.7 Å². The molecule has 0 aliphatic heterocycles. The summed E-state index contributed by atoms with van der Waals surface area (Å²) in [6.07, 6.45) is 1.64. The van der Waals surface area contributed by atoms with Crippen LogP contribution >= 0.6 is 0 Å². The average Bonchev–Trinajstić information content (AvgIpc) is 2.39. The number of nitrogen functional groups attached to an aromatic ring is 1. The molecule has 1 heterocycles. The second kappa shape index (κ2) is 5.39. The highest BCUT2D eigenvalue weighted by atomic mass is 16.5. The van der Waals surface area contributed by atoms with Gasteiger partial charge < -0.3 is 15.8 Å². The lowest BCUT2D eigenvalue weighted by Crippen LogP contribution is -2.15. The molecule has 1 aromatic carbocycles. The third-order valence-electron chi connectivity index (χ3n) is 2.66. The Balaban J connectivity index is 2.25. The number of ether oxygens (including phenoxy) is 1. The molecule has 0 bridgehead atoms. The van der Waals surface area contributed by atoms with Gasteiger partial charge in [0.1, 0.15) is 11.6 Å². The van der Waals surface area contributed by atoms with Crippen molar-refractivity contribution in [3.05, 3.63) is 47.7 Å². The van der Waals surface area contributed by atoms with E-state index in [0.29, 0.717) is 22.8 Å². The number of nitrogens with zero attached hydrogens (tertiary/aromatic N) is 1. The molecule has 0 radical (unpaired) electrons. The summed E-state index contributed by atoms with van der Waals surface area (Å²) in [6.45, 7) is 1.93. The number of benzene rings is 1. The molecule has 0 saturated heterocycles. The Morgan fingerprint density at radius 3 is 2.79 bits per heavy atom. The van der Waals surface area contributed by atoms with Crippen LogP contribution in [0.25, 0.3) is 0 Å². The van der Waals surface area contributed by atoms with Gasteiger partial charge in [-0.15, -0.1) is 0 Å². The molecule has 0 unspecified atom stereocenters. The van der Waals surface area contributed by atoms with Crippen molar-refractivity contribution < 1.29 is 9.53 Å².